The number of carbonyl (C=O) groups is 1. The number of methoxy groups -OCH3 is 2. The highest BCUT2D eigenvalue weighted by atomic mass is 35.5. The van der Waals surface area contributed by atoms with Gasteiger partial charge in [-0.2, -0.15) is 0 Å². The number of nitrogens with zero attached hydrogens (tertiary/aromatic N) is 1. The molecule has 1 amide bonds. The third kappa shape index (κ3) is 4.46. The maximum absolute atomic E-state index is 12.4. The molecule has 6 nitrogen and oxygen atoms in total. The second-order valence-corrected chi connectivity index (χ2v) is 6.70. The van der Waals surface area contributed by atoms with Gasteiger partial charge < -0.3 is 19.4 Å². The van der Waals surface area contributed by atoms with Crippen LogP contribution in [-0.2, 0) is 17.8 Å². The summed E-state index contributed by atoms with van der Waals surface area (Å²) in [6, 6.07) is 12.1. The predicted octanol–water partition coefficient (Wildman–Crippen LogP) is 3.03. The number of hydrogen-bond donors (Lipinski definition) is 1. The van der Waals surface area contributed by atoms with Gasteiger partial charge in [-0.15, -0.1) is 0 Å². The van der Waals surface area contributed by atoms with Gasteiger partial charge in [0.2, 0.25) is 5.91 Å². The lowest BCUT2D eigenvalue weighted by atomic mass is 10.1. The lowest BCUT2D eigenvalue weighted by Gasteiger charge is -2.12. The summed E-state index contributed by atoms with van der Waals surface area (Å²) in [7, 11) is 3.18. The van der Waals surface area contributed by atoms with Gasteiger partial charge in [-0.3, -0.25) is 9.59 Å². The molecule has 0 fully saturated rings. The van der Waals surface area contributed by atoms with Crippen molar-refractivity contribution in [2.24, 2.45) is 0 Å². The molecule has 0 spiro atoms. The van der Waals surface area contributed by atoms with E-state index in [4.69, 9.17) is 21.1 Å². The quantitative estimate of drug-likeness (QED) is 0.661. The van der Waals surface area contributed by atoms with E-state index in [-0.39, 0.29) is 17.9 Å². The Morgan fingerprint density at radius 2 is 1.86 bits per heavy atom. The van der Waals surface area contributed by atoms with Crippen molar-refractivity contribution >= 4 is 28.4 Å². The number of ether oxygens (including phenoxy) is 2. The van der Waals surface area contributed by atoms with E-state index in [0.29, 0.717) is 40.4 Å². The number of pyridine rings is 1. The zero-order chi connectivity index (χ0) is 20.1. The van der Waals surface area contributed by atoms with Crippen LogP contribution in [0.3, 0.4) is 0 Å². The predicted molar refractivity (Wildman–Crippen MR) is 109 cm³/mol. The molecule has 0 atom stereocenters. The zero-order valence-corrected chi connectivity index (χ0v) is 16.5. The number of fused-ring (bicyclic) bond motifs is 1. The molecule has 0 aliphatic rings. The number of carbonyl (C=O) groups excluding carboxylic acids is 1. The first-order valence-electron chi connectivity index (χ1n) is 8.78. The molecule has 1 heterocycles. The van der Waals surface area contributed by atoms with E-state index < -0.39 is 0 Å². The van der Waals surface area contributed by atoms with Gasteiger partial charge in [-0.1, -0.05) is 17.7 Å². The van der Waals surface area contributed by atoms with Crippen LogP contribution in [0.1, 0.15) is 5.56 Å². The minimum Gasteiger partial charge on any atom is -0.493 e. The molecule has 146 valence electrons. The third-order valence-electron chi connectivity index (χ3n) is 4.44. The second kappa shape index (κ2) is 8.80. The standard InChI is InChI=1S/C21H21ClN2O4/c1-27-19-6-3-14(11-20(19)28-2)7-9-23-21(26)13-24-10-8-18(25)16-5-4-15(22)12-17(16)24/h3-6,8,10-12H,7,9,13H2,1-2H3,(H,23,26). The Balaban J connectivity index is 1.64. The molecule has 7 heteroatoms. The maximum atomic E-state index is 12.4. The Morgan fingerprint density at radius 1 is 1.07 bits per heavy atom. The van der Waals surface area contributed by atoms with Gasteiger partial charge in [0.1, 0.15) is 6.54 Å². The molecule has 0 saturated heterocycles. The van der Waals surface area contributed by atoms with Gasteiger partial charge in [-0.05, 0) is 42.3 Å². The molecule has 2 aromatic carbocycles. The summed E-state index contributed by atoms with van der Waals surface area (Å²) in [4.78, 5) is 24.3. The highest BCUT2D eigenvalue weighted by molar-refractivity contribution is 6.31. The molecule has 0 unspecified atom stereocenters. The van der Waals surface area contributed by atoms with Crippen LogP contribution in [0, 0.1) is 0 Å². The maximum Gasteiger partial charge on any atom is 0.239 e. The minimum absolute atomic E-state index is 0.100. The summed E-state index contributed by atoms with van der Waals surface area (Å²) in [6.45, 7) is 0.580. The number of benzene rings is 2. The molecule has 0 saturated carbocycles. The average molecular weight is 401 g/mol. The van der Waals surface area contributed by atoms with Crippen molar-refractivity contribution < 1.29 is 14.3 Å². The Labute approximate surface area is 167 Å². The Hall–Kier alpha value is -2.99. The van der Waals surface area contributed by atoms with Crippen LogP contribution in [-0.4, -0.2) is 31.2 Å². The highest BCUT2D eigenvalue weighted by Gasteiger charge is 2.09. The van der Waals surface area contributed by atoms with Crippen molar-refractivity contribution in [2.75, 3.05) is 20.8 Å². The molecule has 3 aromatic rings. The van der Waals surface area contributed by atoms with E-state index in [9.17, 15) is 9.59 Å². The van der Waals surface area contributed by atoms with E-state index in [0.717, 1.165) is 5.56 Å². The van der Waals surface area contributed by atoms with Crippen LogP contribution in [0.25, 0.3) is 10.9 Å². The van der Waals surface area contributed by atoms with Crippen molar-refractivity contribution in [3.05, 3.63) is 69.5 Å². The number of rotatable bonds is 7. The first kappa shape index (κ1) is 19.8. The molecule has 0 bridgehead atoms. The average Bonchev–Trinajstić information content (AvgIpc) is 2.70. The Morgan fingerprint density at radius 3 is 2.61 bits per heavy atom. The van der Waals surface area contributed by atoms with E-state index in [1.807, 2.05) is 18.2 Å². The van der Waals surface area contributed by atoms with Crippen LogP contribution >= 0.6 is 11.6 Å². The van der Waals surface area contributed by atoms with Crippen molar-refractivity contribution in [1.29, 1.82) is 0 Å². The lowest BCUT2D eigenvalue weighted by Crippen LogP contribution is -2.29. The van der Waals surface area contributed by atoms with E-state index in [1.165, 1.54) is 6.07 Å². The number of nitrogens with one attached hydrogen (secondary N) is 1. The van der Waals surface area contributed by atoms with Gasteiger partial charge in [0.15, 0.2) is 16.9 Å². The summed E-state index contributed by atoms with van der Waals surface area (Å²) < 4.78 is 12.2. The van der Waals surface area contributed by atoms with Crippen molar-refractivity contribution in [3.63, 3.8) is 0 Å². The molecular weight excluding hydrogens is 380 g/mol. The van der Waals surface area contributed by atoms with Crippen LogP contribution in [0.4, 0.5) is 0 Å². The van der Waals surface area contributed by atoms with Gasteiger partial charge in [-0.25, -0.2) is 0 Å². The van der Waals surface area contributed by atoms with Crippen LogP contribution in [0.5, 0.6) is 11.5 Å². The molecule has 28 heavy (non-hydrogen) atoms. The van der Waals surface area contributed by atoms with Gasteiger partial charge in [0.05, 0.1) is 19.7 Å². The van der Waals surface area contributed by atoms with Crippen LogP contribution in [0.2, 0.25) is 5.02 Å². The minimum atomic E-state index is -0.148. The molecule has 0 radical (unpaired) electrons. The van der Waals surface area contributed by atoms with Crippen LogP contribution in [0.15, 0.2) is 53.5 Å². The highest BCUT2D eigenvalue weighted by Crippen LogP contribution is 2.27. The molecule has 0 aliphatic carbocycles. The van der Waals surface area contributed by atoms with Crippen molar-refractivity contribution in [1.82, 2.24) is 9.88 Å². The fraction of sp³-hybridized carbons (Fsp3) is 0.238. The number of amides is 1. The molecular formula is C21H21ClN2O4. The summed E-state index contributed by atoms with van der Waals surface area (Å²) in [5, 5.41) is 3.94. The Kier molecular flexibility index (Phi) is 6.21. The molecule has 1 aromatic heterocycles. The SMILES string of the molecule is COc1ccc(CCNC(=O)Cn2ccc(=O)c3ccc(Cl)cc32)cc1OC. The van der Waals surface area contributed by atoms with Crippen molar-refractivity contribution in [2.45, 2.75) is 13.0 Å². The summed E-state index contributed by atoms with van der Waals surface area (Å²) in [6.07, 6.45) is 2.26. The second-order valence-electron chi connectivity index (χ2n) is 6.26. The van der Waals surface area contributed by atoms with E-state index >= 15 is 0 Å². The fourth-order valence-corrected chi connectivity index (χ4v) is 3.18. The third-order valence-corrected chi connectivity index (χ3v) is 4.67. The lowest BCUT2D eigenvalue weighted by molar-refractivity contribution is -0.121. The zero-order valence-electron chi connectivity index (χ0n) is 15.7. The first-order valence-corrected chi connectivity index (χ1v) is 9.16. The molecule has 1 N–H and O–H groups in total. The fourth-order valence-electron chi connectivity index (χ4n) is 3.01. The summed E-state index contributed by atoms with van der Waals surface area (Å²) in [5.41, 5.74) is 1.56. The number of halogens is 1. The molecule has 3 rings (SSSR count). The van der Waals surface area contributed by atoms with Gasteiger partial charge in [0.25, 0.3) is 0 Å². The number of hydrogen-bond acceptors (Lipinski definition) is 4. The normalized spacial score (nSPS) is 10.7. The van der Waals surface area contributed by atoms with Crippen LogP contribution < -0.4 is 20.2 Å². The monoisotopic (exact) mass is 400 g/mol. The van der Waals surface area contributed by atoms with E-state index in [2.05, 4.69) is 5.32 Å². The Bertz CT molecular complexity index is 1060. The number of aromatic nitrogens is 1. The summed E-state index contributed by atoms with van der Waals surface area (Å²) >= 11 is 6.04. The van der Waals surface area contributed by atoms with Gasteiger partial charge in [0, 0.05) is 29.2 Å². The molecule has 0 aliphatic heterocycles. The first-order chi connectivity index (χ1) is 13.5. The topological polar surface area (TPSA) is 69.6 Å². The summed E-state index contributed by atoms with van der Waals surface area (Å²) in [5.74, 6) is 1.17. The largest absolute Gasteiger partial charge is 0.493 e. The smallest absolute Gasteiger partial charge is 0.239 e. The van der Waals surface area contributed by atoms with Crippen molar-refractivity contribution in [3.8, 4) is 11.5 Å². The van der Waals surface area contributed by atoms with E-state index in [1.54, 1.807) is 43.2 Å². The van der Waals surface area contributed by atoms with Gasteiger partial charge >= 0.3 is 0 Å².